The van der Waals surface area contributed by atoms with Gasteiger partial charge in [-0.15, -0.1) is 0 Å². The van der Waals surface area contributed by atoms with Crippen LogP contribution in [0.3, 0.4) is 0 Å². The van der Waals surface area contributed by atoms with Crippen LogP contribution in [0.15, 0.2) is 48.7 Å². The standard InChI is InChI=1S/C19H15Cl3N4O2/c1-11(27)12-3-6-15(7-4-12)23-19(28)24-18-17(22)10-26(25-18)9-13-2-5-14(20)8-16(13)21/h2-8,10H,9H2,1H3,(H2,23,24,25,28). The van der Waals surface area contributed by atoms with Crippen LogP contribution in [-0.4, -0.2) is 21.6 Å². The number of anilines is 2. The molecule has 28 heavy (non-hydrogen) atoms. The van der Waals surface area contributed by atoms with Gasteiger partial charge >= 0.3 is 6.03 Å². The largest absolute Gasteiger partial charge is 0.324 e. The van der Waals surface area contributed by atoms with Crippen LogP contribution in [0.25, 0.3) is 0 Å². The summed E-state index contributed by atoms with van der Waals surface area (Å²) in [7, 11) is 0. The summed E-state index contributed by atoms with van der Waals surface area (Å²) in [4.78, 5) is 23.5. The highest BCUT2D eigenvalue weighted by Gasteiger charge is 2.12. The first-order valence-corrected chi connectivity index (χ1v) is 9.31. The van der Waals surface area contributed by atoms with Crippen molar-refractivity contribution in [1.82, 2.24) is 9.78 Å². The van der Waals surface area contributed by atoms with Gasteiger partial charge in [-0.25, -0.2) is 4.79 Å². The number of nitrogens with one attached hydrogen (secondary N) is 2. The summed E-state index contributed by atoms with van der Waals surface area (Å²) in [6.07, 6.45) is 1.59. The van der Waals surface area contributed by atoms with Crippen LogP contribution in [0.1, 0.15) is 22.8 Å². The first-order valence-electron chi connectivity index (χ1n) is 8.17. The molecule has 1 heterocycles. The van der Waals surface area contributed by atoms with Crippen molar-refractivity contribution in [2.24, 2.45) is 0 Å². The van der Waals surface area contributed by atoms with E-state index < -0.39 is 6.03 Å². The van der Waals surface area contributed by atoms with E-state index in [1.807, 2.05) is 0 Å². The first-order chi connectivity index (χ1) is 13.3. The van der Waals surface area contributed by atoms with Gasteiger partial charge in [-0.2, -0.15) is 5.10 Å². The number of halogens is 3. The molecule has 0 spiro atoms. The summed E-state index contributed by atoms with van der Waals surface area (Å²) in [5.41, 5.74) is 1.91. The molecule has 1 aromatic heterocycles. The topological polar surface area (TPSA) is 76.0 Å². The maximum Gasteiger partial charge on any atom is 0.324 e. The number of benzene rings is 2. The predicted octanol–water partition coefficient (Wildman–Crippen LogP) is 5.74. The molecule has 3 aromatic rings. The van der Waals surface area contributed by atoms with E-state index in [4.69, 9.17) is 34.8 Å². The lowest BCUT2D eigenvalue weighted by Crippen LogP contribution is -2.20. The maximum absolute atomic E-state index is 12.2. The molecule has 144 valence electrons. The van der Waals surface area contributed by atoms with Crippen LogP contribution in [0.2, 0.25) is 15.1 Å². The predicted molar refractivity (Wildman–Crippen MR) is 112 cm³/mol. The van der Waals surface area contributed by atoms with Crippen molar-refractivity contribution in [1.29, 1.82) is 0 Å². The number of nitrogens with zero attached hydrogens (tertiary/aromatic N) is 2. The lowest BCUT2D eigenvalue weighted by molar-refractivity contribution is 0.101. The molecule has 6 nitrogen and oxygen atoms in total. The number of urea groups is 1. The number of carbonyl (C=O) groups excluding carboxylic acids is 2. The van der Waals surface area contributed by atoms with Crippen molar-refractivity contribution >= 4 is 58.1 Å². The molecule has 0 fully saturated rings. The number of Topliss-reactive ketones (excluding diaryl/α,β-unsaturated/α-hetero) is 1. The Morgan fingerprint density at radius 2 is 1.71 bits per heavy atom. The SMILES string of the molecule is CC(=O)c1ccc(NC(=O)Nc2nn(Cc3ccc(Cl)cc3Cl)cc2Cl)cc1. The van der Waals surface area contributed by atoms with Gasteiger partial charge in [0.25, 0.3) is 0 Å². The molecule has 0 aliphatic carbocycles. The van der Waals surface area contributed by atoms with E-state index in [2.05, 4.69) is 15.7 Å². The van der Waals surface area contributed by atoms with Gasteiger partial charge in [-0.05, 0) is 48.9 Å². The van der Waals surface area contributed by atoms with Gasteiger partial charge in [0.15, 0.2) is 11.6 Å². The number of hydrogen-bond acceptors (Lipinski definition) is 3. The lowest BCUT2D eigenvalue weighted by Gasteiger charge is -2.07. The van der Waals surface area contributed by atoms with E-state index in [1.54, 1.807) is 53.3 Å². The minimum absolute atomic E-state index is 0.0471. The Labute approximate surface area is 176 Å². The van der Waals surface area contributed by atoms with E-state index in [9.17, 15) is 9.59 Å². The van der Waals surface area contributed by atoms with Crippen LogP contribution >= 0.6 is 34.8 Å². The molecular formula is C19H15Cl3N4O2. The van der Waals surface area contributed by atoms with Crippen LogP contribution in [0.5, 0.6) is 0 Å². The second kappa shape index (κ2) is 8.65. The third kappa shape index (κ3) is 5.04. The second-order valence-corrected chi connectivity index (χ2v) is 7.22. The number of rotatable bonds is 5. The summed E-state index contributed by atoms with van der Waals surface area (Å²) in [6.45, 7) is 1.84. The number of aromatic nitrogens is 2. The Morgan fingerprint density at radius 1 is 1.00 bits per heavy atom. The molecule has 9 heteroatoms. The van der Waals surface area contributed by atoms with E-state index in [0.29, 0.717) is 27.8 Å². The molecule has 2 N–H and O–H groups in total. The quantitative estimate of drug-likeness (QED) is 0.500. The van der Waals surface area contributed by atoms with E-state index >= 15 is 0 Å². The fraction of sp³-hybridized carbons (Fsp3) is 0.105. The third-order valence-corrected chi connectivity index (χ3v) is 4.71. The van der Waals surface area contributed by atoms with Crippen molar-refractivity contribution in [3.05, 3.63) is 74.9 Å². The molecule has 0 bridgehead atoms. The lowest BCUT2D eigenvalue weighted by atomic mass is 10.1. The molecule has 0 atom stereocenters. The number of ketones is 1. The third-order valence-electron chi connectivity index (χ3n) is 3.85. The van der Waals surface area contributed by atoms with Gasteiger partial charge < -0.3 is 5.32 Å². The van der Waals surface area contributed by atoms with Crippen LogP contribution < -0.4 is 10.6 Å². The number of hydrogen-bond donors (Lipinski definition) is 2. The Balaban J connectivity index is 1.65. The first kappa shape index (κ1) is 20.2. The fourth-order valence-electron chi connectivity index (χ4n) is 2.45. The molecule has 2 amide bonds. The number of carbonyl (C=O) groups is 2. The molecule has 0 aliphatic heterocycles. The second-order valence-electron chi connectivity index (χ2n) is 5.97. The molecule has 0 radical (unpaired) electrons. The summed E-state index contributed by atoms with van der Waals surface area (Å²) in [5, 5.41) is 10.9. The van der Waals surface area contributed by atoms with Crippen molar-refractivity contribution in [3.8, 4) is 0 Å². The van der Waals surface area contributed by atoms with Crippen LogP contribution in [0.4, 0.5) is 16.3 Å². The van der Waals surface area contributed by atoms with Crippen molar-refractivity contribution < 1.29 is 9.59 Å². The maximum atomic E-state index is 12.2. The van der Waals surface area contributed by atoms with Crippen molar-refractivity contribution in [2.45, 2.75) is 13.5 Å². The summed E-state index contributed by atoms with van der Waals surface area (Å²) in [6, 6.07) is 11.2. The summed E-state index contributed by atoms with van der Waals surface area (Å²) < 4.78 is 1.56. The Kier molecular flexibility index (Phi) is 6.24. The minimum atomic E-state index is -0.507. The molecular weight excluding hydrogens is 423 g/mol. The Morgan fingerprint density at radius 3 is 2.36 bits per heavy atom. The average molecular weight is 438 g/mol. The summed E-state index contributed by atoms with van der Waals surface area (Å²) >= 11 is 18.2. The molecule has 0 saturated carbocycles. The highest BCUT2D eigenvalue weighted by Crippen LogP contribution is 2.24. The zero-order valence-electron chi connectivity index (χ0n) is 14.7. The smallest absolute Gasteiger partial charge is 0.308 e. The fourth-order valence-corrected chi connectivity index (χ4v) is 3.11. The average Bonchev–Trinajstić information content (AvgIpc) is 2.97. The van der Waals surface area contributed by atoms with Gasteiger partial charge in [0, 0.05) is 27.5 Å². The monoisotopic (exact) mass is 436 g/mol. The van der Waals surface area contributed by atoms with Gasteiger partial charge in [0.05, 0.1) is 6.54 Å². The van der Waals surface area contributed by atoms with Crippen molar-refractivity contribution in [3.63, 3.8) is 0 Å². The highest BCUT2D eigenvalue weighted by atomic mass is 35.5. The Bertz CT molecular complexity index is 1030. The summed E-state index contributed by atoms with van der Waals surface area (Å²) in [5.74, 6) is 0.165. The van der Waals surface area contributed by atoms with Crippen molar-refractivity contribution in [2.75, 3.05) is 10.6 Å². The molecule has 0 unspecified atom stereocenters. The van der Waals surface area contributed by atoms with Crippen LogP contribution in [0, 0.1) is 0 Å². The van der Waals surface area contributed by atoms with E-state index in [1.165, 1.54) is 6.92 Å². The normalized spacial score (nSPS) is 10.6. The molecule has 3 rings (SSSR count). The van der Waals surface area contributed by atoms with Crippen LogP contribution in [-0.2, 0) is 6.54 Å². The van der Waals surface area contributed by atoms with E-state index in [-0.39, 0.29) is 16.6 Å². The zero-order chi connectivity index (χ0) is 20.3. The number of amides is 2. The van der Waals surface area contributed by atoms with Gasteiger partial charge in [-0.3, -0.25) is 14.8 Å². The van der Waals surface area contributed by atoms with Gasteiger partial charge in [0.1, 0.15) is 5.02 Å². The molecule has 2 aromatic carbocycles. The zero-order valence-corrected chi connectivity index (χ0v) is 16.9. The Hall–Kier alpha value is -2.54. The molecule has 0 saturated heterocycles. The molecule has 0 aliphatic rings. The highest BCUT2D eigenvalue weighted by molar-refractivity contribution is 6.35. The van der Waals surface area contributed by atoms with E-state index in [0.717, 1.165) is 5.56 Å². The van der Waals surface area contributed by atoms with Gasteiger partial charge in [-0.1, -0.05) is 40.9 Å². The van der Waals surface area contributed by atoms with Gasteiger partial charge in [0.2, 0.25) is 0 Å². The minimum Gasteiger partial charge on any atom is -0.308 e.